The van der Waals surface area contributed by atoms with Crippen LogP contribution >= 0.6 is 46.1 Å². The van der Waals surface area contributed by atoms with Crippen molar-refractivity contribution < 1.29 is 9.59 Å². The van der Waals surface area contributed by atoms with Gasteiger partial charge in [-0.2, -0.15) is 0 Å². The van der Waals surface area contributed by atoms with Gasteiger partial charge in [0, 0.05) is 22.0 Å². The fourth-order valence-corrected chi connectivity index (χ4v) is 4.28. The molecular weight excluding hydrogens is 491 g/mol. The summed E-state index contributed by atoms with van der Waals surface area (Å²) in [5, 5.41) is 5.98. The molecule has 32 heavy (non-hydrogen) atoms. The highest BCUT2D eigenvalue weighted by Crippen LogP contribution is 2.33. The molecule has 0 radical (unpaired) electrons. The maximum Gasteiger partial charge on any atom is 0.270 e. The molecule has 1 heterocycles. The Hall–Kier alpha value is -2.16. The van der Waals surface area contributed by atoms with Crippen molar-refractivity contribution in [2.24, 2.45) is 0 Å². The molecule has 0 saturated carbocycles. The van der Waals surface area contributed by atoms with E-state index in [0.29, 0.717) is 27.4 Å². The predicted octanol–water partition coefficient (Wildman–Crippen LogP) is 5.76. The van der Waals surface area contributed by atoms with E-state index in [-0.39, 0.29) is 22.2 Å². The largest absolute Gasteiger partial charge is 0.351 e. The van der Waals surface area contributed by atoms with Crippen LogP contribution in [0.1, 0.15) is 27.3 Å². The normalized spacial score (nSPS) is 10.9. The summed E-state index contributed by atoms with van der Waals surface area (Å²) in [6.45, 7) is 1.40. The zero-order chi connectivity index (χ0) is 23.3. The maximum atomic E-state index is 13.4. The third-order valence-electron chi connectivity index (χ3n) is 4.43. The molecule has 0 unspecified atom stereocenters. The molecular formula is C22H21Cl3N4O2S. The van der Waals surface area contributed by atoms with Crippen LogP contribution in [0.4, 0.5) is 10.8 Å². The highest BCUT2D eigenvalue weighted by molar-refractivity contribution is 7.14. The summed E-state index contributed by atoms with van der Waals surface area (Å²) in [5.74, 6) is -0.694. The Kier molecular flexibility index (Phi) is 8.51. The Bertz CT molecular complexity index is 1100. The molecule has 168 valence electrons. The van der Waals surface area contributed by atoms with Crippen LogP contribution in [-0.4, -0.2) is 48.9 Å². The van der Waals surface area contributed by atoms with Crippen LogP contribution in [0, 0.1) is 0 Å². The van der Waals surface area contributed by atoms with Gasteiger partial charge in [-0.1, -0.05) is 34.8 Å². The van der Waals surface area contributed by atoms with Crippen LogP contribution in [-0.2, 0) is 0 Å². The molecule has 2 aromatic carbocycles. The molecule has 6 nitrogen and oxygen atoms in total. The number of carbonyl (C=O) groups excluding carboxylic acids is 2. The number of benzene rings is 2. The smallest absolute Gasteiger partial charge is 0.270 e. The van der Waals surface area contributed by atoms with Gasteiger partial charge in [-0.15, -0.1) is 11.3 Å². The molecule has 3 rings (SSSR count). The zero-order valence-electron chi connectivity index (χ0n) is 17.4. The molecule has 3 aromatic rings. The standard InChI is InChI=1S/C22H21Cl3N4O2S/c1-28(2)11-3-10-26-20(30)19-13-32-22(27-19)29(16-7-4-14(23)5-8-16)21(31)17-9-6-15(24)12-18(17)25/h4-9,12-13H,3,10-11H2,1-2H3,(H,26,30). The lowest BCUT2D eigenvalue weighted by Gasteiger charge is -2.21. The fourth-order valence-electron chi connectivity index (χ4n) is 2.85. The lowest BCUT2D eigenvalue weighted by molar-refractivity contribution is 0.0945. The van der Waals surface area contributed by atoms with E-state index in [4.69, 9.17) is 34.8 Å². The van der Waals surface area contributed by atoms with Crippen molar-refractivity contribution >= 4 is 68.8 Å². The zero-order valence-corrected chi connectivity index (χ0v) is 20.5. The summed E-state index contributed by atoms with van der Waals surface area (Å²) in [7, 11) is 3.95. The molecule has 0 spiro atoms. The van der Waals surface area contributed by atoms with E-state index in [1.165, 1.54) is 22.3 Å². The van der Waals surface area contributed by atoms with Crippen molar-refractivity contribution in [3.05, 3.63) is 74.2 Å². The quantitative estimate of drug-likeness (QED) is 0.390. The molecule has 0 aliphatic rings. The number of rotatable bonds is 8. The lowest BCUT2D eigenvalue weighted by atomic mass is 10.2. The number of anilines is 2. The third-order valence-corrected chi connectivity index (χ3v) is 6.06. The number of halogens is 3. The summed E-state index contributed by atoms with van der Waals surface area (Å²) in [6, 6.07) is 11.4. The van der Waals surface area contributed by atoms with Gasteiger partial charge in [0.15, 0.2) is 5.13 Å². The number of amides is 2. The Balaban J connectivity index is 1.89. The Labute approximate surface area is 205 Å². The summed E-state index contributed by atoms with van der Waals surface area (Å²) in [4.78, 5) is 33.8. The van der Waals surface area contributed by atoms with Gasteiger partial charge >= 0.3 is 0 Å². The van der Waals surface area contributed by atoms with Crippen LogP contribution in [0.3, 0.4) is 0 Å². The SMILES string of the molecule is CN(C)CCCNC(=O)c1csc(N(C(=O)c2ccc(Cl)cc2Cl)c2ccc(Cl)cc2)n1. The van der Waals surface area contributed by atoms with Gasteiger partial charge in [-0.05, 0) is 69.5 Å². The van der Waals surface area contributed by atoms with Crippen molar-refractivity contribution in [2.45, 2.75) is 6.42 Å². The third kappa shape index (κ3) is 6.21. The first-order valence-electron chi connectivity index (χ1n) is 9.70. The van der Waals surface area contributed by atoms with Crippen LogP contribution in [0.25, 0.3) is 0 Å². The minimum absolute atomic E-state index is 0.219. The van der Waals surface area contributed by atoms with Gasteiger partial charge in [0.2, 0.25) is 0 Å². The van der Waals surface area contributed by atoms with Crippen LogP contribution in [0.15, 0.2) is 47.8 Å². The van der Waals surface area contributed by atoms with Gasteiger partial charge in [0.1, 0.15) is 5.69 Å². The van der Waals surface area contributed by atoms with Crippen molar-refractivity contribution in [1.29, 1.82) is 0 Å². The second-order valence-electron chi connectivity index (χ2n) is 7.17. The monoisotopic (exact) mass is 510 g/mol. The number of carbonyl (C=O) groups is 2. The Morgan fingerprint density at radius 1 is 1.03 bits per heavy atom. The van der Waals surface area contributed by atoms with E-state index in [0.717, 1.165) is 13.0 Å². The number of nitrogens with zero attached hydrogens (tertiary/aromatic N) is 3. The first kappa shape index (κ1) is 24.5. The van der Waals surface area contributed by atoms with Crippen molar-refractivity contribution in [2.75, 3.05) is 32.1 Å². The van der Waals surface area contributed by atoms with Crippen molar-refractivity contribution in [3.63, 3.8) is 0 Å². The minimum Gasteiger partial charge on any atom is -0.351 e. The van der Waals surface area contributed by atoms with Gasteiger partial charge in [0.05, 0.1) is 16.3 Å². The van der Waals surface area contributed by atoms with Crippen LogP contribution in [0.2, 0.25) is 15.1 Å². The average molecular weight is 512 g/mol. The lowest BCUT2D eigenvalue weighted by Crippen LogP contribution is -2.28. The van der Waals surface area contributed by atoms with Gasteiger partial charge in [-0.25, -0.2) is 4.98 Å². The highest BCUT2D eigenvalue weighted by atomic mass is 35.5. The fraction of sp³-hybridized carbons (Fsp3) is 0.227. The average Bonchev–Trinajstić information content (AvgIpc) is 3.22. The summed E-state index contributed by atoms with van der Waals surface area (Å²) in [5.41, 5.74) is 1.04. The molecule has 0 atom stereocenters. The molecule has 0 aliphatic carbocycles. The van der Waals surface area contributed by atoms with Crippen molar-refractivity contribution in [3.8, 4) is 0 Å². The molecule has 2 amide bonds. The first-order valence-corrected chi connectivity index (χ1v) is 11.7. The number of hydrogen-bond donors (Lipinski definition) is 1. The van der Waals surface area contributed by atoms with E-state index < -0.39 is 5.91 Å². The number of thiazole rings is 1. The van der Waals surface area contributed by atoms with E-state index >= 15 is 0 Å². The molecule has 1 N–H and O–H groups in total. The Morgan fingerprint density at radius 2 is 1.72 bits per heavy atom. The summed E-state index contributed by atoms with van der Waals surface area (Å²) < 4.78 is 0. The van der Waals surface area contributed by atoms with Crippen LogP contribution < -0.4 is 10.2 Å². The molecule has 10 heteroatoms. The summed E-state index contributed by atoms with van der Waals surface area (Å²) >= 11 is 19.5. The van der Waals surface area contributed by atoms with Gasteiger partial charge in [-0.3, -0.25) is 14.5 Å². The number of hydrogen-bond acceptors (Lipinski definition) is 5. The molecule has 1 aromatic heterocycles. The summed E-state index contributed by atoms with van der Waals surface area (Å²) in [6.07, 6.45) is 0.820. The number of nitrogens with one attached hydrogen (secondary N) is 1. The minimum atomic E-state index is -0.402. The predicted molar refractivity (Wildman–Crippen MR) is 132 cm³/mol. The van der Waals surface area contributed by atoms with E-state index in [9.17, 15) is 9.59 Å². The highest BCUT2D eigenvalue weighted by Gasteiger charge is 2.25. The van der Waals surface area contributed by atoms with Crippen LogP contribution in [0.5, 0.6) is 0 Å². The molecule has 0 fully saturated rings. The first-order chi connectivity index (χ1) is 15.3. The second kappa shape index (κ2) is 11.1. The van der Waals surface area contributed by atoms with E-state index in [1.54, 1.807) is 41.8 Å². The Morgan fingerprint density at radius 3 is 2.38 bits per heavy atom. The molecule has 0 bridgehead atoms. The van der Waals surface area contributed by atoms with E-state index in [1.807, 2.05) is 19.0 Å². The van der Waals surface area contributed by atoms with E-state index in [2.05, 4.69) is 10.3 Å². The van der Waals surface area contributed by atoms with Gasteiger partial charge in [0.25, 0.3) is 11.8 Å². The second-order valence-corrected chi connectivity index (χ2v) is 9.29. The maximum absolute atomic E-state index is 13.4. The van der Waals surface area contributed by atoms with Gasteiger partial charge < -0.3 is 10.2 Å². The van der Waals surface area contributed by atoms with Crippen molar-refractivity contribution in [1.82, 2.24) is 15.2 Å². The molecule has 0 saturated heterocycles. The number of aromatic nitrogens is 1. The topological polar surface area (TPSA) is 65.5 Å². The molecule has 0 aliphatic heterocycles.